The maximum absolute atomic E-state index is 13.6. The maximum Gasteiger partial charge on any atom is 0.277 e. The predicted molar refractivity (Wildman–Crippen MR) is 106 cm³/mol. The van der Waals surface area contributed by atoms with Gasteiger partial charge in [-0.25, -0.2) is 13.2 Å². The van der Waals surface area contributed by atoms with Crippen molar-refractivity contribution in [3.05, 3.63) is 58.9 Å². The number of nitrogens with zero attached hydrogens (tertiary/aromatic N) is 2. The molecule has 0 saturated heterocycles. The molecule has 4 aromatic rings. The predicted octanol–water partition coefficient (Wildman–Crippen LogP) is 5.75. The SMILES string of the molecule is O=C(CSc1nnc(-c2sc3ccccc3c2Cl)o1)Nc1ccc(F)c(F)c1F. The van der Waals surface area contributed by atoms with Gasteiger partial charge in [0.15, 0.2) is 17.5 Å². The molecular formula is C18H9ClF3N3O2S2. The number of rotatable bonds is 5. The molecule has 0 radical (unpaired) electrons. The molecule has 0 aliphatic rings. The van der Waals surface area contributed by atoms with Crippen LogP contribution in [-0.4, -0.2) is 21.9 Å². The van der Waals surface area contributed by atoms with Crippen LogP contribution in [0.1, 0.15) is 0 Å². The largest absolute Gasteiger partial charge is 0.410 e. The van der Waals surface area contributed by atoms with Crippen LogP contribution in [0.25, 0.3) is 20.9 Å². The number of anilines is 1. The molecule has 0 aliphatic heterocycles. The number of fused-ring (bicyclic) bond motifs is 1. The molecule has 2 aromatic heterocycles. The second-order valence-corrected chi connectivity index (χ2v) is 8.03. The normalized spacial score (nSPS) is 11.2. The van der Waals surface area contributed by atoms with E-state index in [1.807, 2.05) is 24.3 Å². The number of halogens is 4. The van der Waals surface area contributed by atoms with E-state index in [0.29, 0.717) is 9.90 Å². The van der Waals surface area contributed by atoms with Crippen molar-refractivity contribution in [2.75, 3.05) is 11.1 Å². The van der Waals surface area contributed by atoms with Crippen LogP contribution in [0.3, 0.4) is 0 Å². The average molecular weight is 456 g/mol. The Morgan fingerprint density at radius 2 is 1.93 bits per heavy atom. The van der Waals surface area contributed by atoms with Gasteiger partial charge in [0, 0.05) is 10.1 Å². The van der Waals surface area contributed by atoms with Crippen molar-refractivity contribution in [2.45, 2.75) is 5.22 Å². The molecule has 0 atom stereocenters. The molecule has 0 fully saturated rings. The Bertz CT molecular complexity index is 1230. The lowest BCUT2D eigenvalue weighted by molar-refractivity contribution is -0.113. The molecule has 2 aromatic carbocycles. The van der Waals surface area contributed by atoms with Crippen molar-refractivity contribution in [3.63, 3.8) is 0 Å². The molecule has 0 aliphatic carbocycles. The minimum Gasteiger partial charge on any atom is -0.410 e. The van der Waals surface area contributed by atoms with Crippen LogP contribution in [0.2, 0.25) is 5.02 Å². The summed E-state index contributed by atoms with van der Waals surface area (Å²) in [4.78, 5) is 12.6. The summed E-state index contributed by atoms with van der Waals surface area (Å²) in [5.41, 5.74) is -0.460. The summed E-state index contributed by atoms with van der Waals surface area (Å²) in [5.74, 6) is -5.11. The Morgan fingerprint density at radius 3 is 2.72 bits per heavy atom. The van der Waals surface area contributed by atoms with Crippen LogP contribution >= 0.6 is 34.7 Å². The van der Waals surface area contributed by atoms with Crippen molar-refractivity contribution < 1.29 is 22.4 Å². The standard InChI is InChI=1S/C18H9ClF3N3O2S2/c19-13-8-3-1-2-4-11(8)29-16(13)17-24-25-18(27-17)28-7-12(26)23-10-6-5-9(20)14(21)15(10)22/h1-6H,7H2,(H,23,26). The highest BCUT2D eigenvalue weighted by Gasteiger charge is 2.19. The van der Waals surface area contributed by atoms with Crippen molar-refractivity contribution >= 4 is 56.4 Å². The van der Waals surface area contributed by atoms with Crippen LogP contribution in [0.4, 0.5) is 18.9 Å². The number of benzene rings is 2. The number of nitrogens with one attached hydrogen (secondary N) is 1. The first-order chi connectivity index (χ1) is 13.9. The molecule has 0 bridgehead atoms. The molecule has 4 rings (SSSR count). The lowest BCUT2D eigenvalue weighted by atomic mass is 10.2. The van der Waals surface area contributed by atoms with Crippen LogP contribution in [-0.2, 0) is 4.79 Å². The summed E-state index contributed by atoms with van der Waals surface area (Å²) in [6.07, 6.45) is 0. The Balaban J connectivity index is 1.44. The molecule has 1 amide bonds. The Kier molecular flexibility index (Phi) is 5.48. The fourth-order valence-electron chi connectivity index (χ4n) is 2.45. The van der Waals surface area contributed by atoms with E-state index < -0.39 is 29.0 Å². The van der Waals surface area contributed by atoms with Gasteiger partial charge >= 0.3 is 0 Å². The van der Waals surface area contributed by atoms with Gasteiger partial charge in [-0.15, -0.1) is 21.5 Å². The topological polar surface area (TPSA) is 68.0 Å². The second-order valence-electron chi connectivity index (χ2n) is 5.67. The quantitative estimate of drug-likeness (QED) is 0.306. The summed E-state index contributed by atoms with van der Waals surface area (Å²) >= 11 is 8.68. The number of amides is 1. The molecule has 0 spiro atoms. The molecule has 0 unspecified atom stereocenters. The number of carbonyl (C=O) groups excluding carboxylic acids is 1. The Hall–Kier alpha value is -2.56. The number of carbonyl (C=O) groups is 1. The van der Waals surface area contributed by atoms with Crippen molar-refractivity contribution in [1.82, 2.24) is 10.2 Å². The molecule has 0 saturated carbocycles. The molecule has 11 heteroatoms. The molecule has 5 nitrogen and oxygen atoms in total. The van der Waals surface area contributed by atoms with E-state index in [1.54, 1.807) is 0 Å². The Labute approximate surface area is 174 Å². The van der Waals surface area contributed by atoms with Gasteiger partial charge in [-0.3, -0.25) is 4.79 Å². The molecule has 2 heterocycles. The van der Waals surface area contributed by atoms with E-state index in [1.165, 1.54) is 11.3 Å². The monoisotopic (exact) mass is 455 g/mol. The number of hydrogen-bond acceptors (Lipinski definition) is 6. The zero-order chi connectivity index (χ0) is 20.5. The second kappa shape index (κ2) is 8.05. The lowest BCUT2D eigenvalue weighted by Crippen LogP contribution is -2.15. The van der Waals surface area contributed by atoms with Crippen molar-refractivity contribution in [3.8, 4) is 10.8 Å². The van der Waals surface area contributed by atoms with E-state index in [9.17, 15) is 18.0 Å². The first kappa shape index (κ1) is 19.7. The minimum atomic E-state index is -1.66. The zero-order valence-electron chi connectivity index (χ0n) is 14.2. The first-order valence-electron chi connectivity index (χ1n) is 8.01. The number of thiophene rings is 1. The highest BCUT2D eigenvalue weighted by molar-refractivity contribution is 7.99. The van der Waals surface area contributed by atoms with E-state index in [4.69, 9.17) is 16.0 Å². The van der Waals surface area contributed by atoms with Gasteiger partial charge in [-0.2, -0.15) is 0 Å². The lowest BCUT2D eigenvalue weighted by Gasteiger charge is -2.06. The third-order valence-corrected chi connectivity index (χ3v) is 6.25. The third-order valence-electron chi connectivity index (χ3n) is 3.77. The first-order valence-corrected chi connectivity index (χ1v) is 10.2. The molecule has 29 heavy (non-hydrogen) atoms. The smallest absolute Gasteiger partial charge is 0.277 e. The van der Waals surface area contributed by atoms with Gasteiger partial charge in [0.05, 0.1) is 16.5 Å². The van der Waals surface area contributed by atoms with Gasteiger partial charge in [0.2, 0.25) is 5.91 Å². The Morgan fingerprint density at radius 1 is 1.14 bits per heavy atom. The minimum absolute atomic E-state index is 0.106. The third kappa shape index (κ3) is 3.96. The van der Waals surface area contributed by atoms with E-state index in [0.717, 1.165) is 34.0 Å². The van der Waals surface area contributed by atoms with E-state index >= 15 is 0 Å². The van der Waals surface area contributed by atoms with Crippen molar-refractivity contribution in [2.24, 2.45) is 0 Å². The highest BCUT2D eigenvalue weighted by Crippen LogP contribution is 2.41. The van der Waals surface area contributed by atoms with E-state index in [2.05, 4.69) is 15.5 Å². The summed E-state index contributed by atoms with van der Waals surface area (Å²) in [6.45, 7) is 0. The van der Waals surface area contributed by atoms with Gasteiger partial charge in [-0.05, 0) is 18.2 Å². The summed E-state index contributed by atoms with van der Waals surface area (Å²) in [6, 6.07) is 9.22. The molecule has 1 N–H and O–H groups in total. The van der Waals surface area contributed by atoms with Gasteiger partial charge in [0.25, 0.3) is 11.1 Å². The molecule has 148 valence electrons. The number of hydrogen-bond donors (Lipinski definition) is 1. The van der Waals surface area contributed by atoms with Gasteiger partial charge < -0.3 is 9.73 Å². The maximum atomic E-state index is 13.6. The zero-order valence-corrected chi connectivity index (χ0v) is 16.6. The van der Waals surface area contributed by atoms with Crippen LogP contribution in [0.15, 0.2) is 46.0 Å². The fourth-order valence-corrected chi connectivity index (χ4v) is 4.44. The number of aromatic nitrogens is 2. The highest BCUT2D eigenvalue weighted by atomic mass is 35.5. The summed E-state index contributed by atoms with van der Waals surface area (Å²) in [7, 11) is 0. The number of thioether (sulfide) groups is 1. The average Bonchev–Trinajstić information content (AvgIpc) is 3.32. The van der Waals surface area contributed by atoms with E-state index in [-0.39, 0.29) is 16.9 Å². The molecular weight excluding hydrogens is 447 g/mol. The van der Waals surface area contributed by atoms with Gasteiger partial charge in [-0.1, -0.05) is 41.6 Å². The van der Waals surface area contributed by atoms with Crippen LogP contribution < -0.4 is 5.32 Å². The van der Waals surface area contributed by atoms with Gasteiger partial charge in [0.1, 0.15) is 4.88 Å². The van der Waals surface area contributed by atoms with Crippen LogP contribution in [0.5, 0.6) is 0 Å². The fraction of sp³-hybridized carbons (Fsp3) is 0.0556. The van der Waals surface area contributed by atoms with Crippen molar-refractivity contribution in [1.29, 1.82) is 0 Å². The summed E-state index contributed by atoms with van der Waals surface area (Å²) < 4.78 is 46.3. The summed E-state index contributed by atoms with van der Waals surface area (Å²) in [5, 5.41) is 11.4. The van der Waals surface area contributed by atoms with Crippen LogP contribution in [0, 0.1) is 17.5 Å².